The van der Waals surface area contributed by atoms with Crippen LogP contribution in [0.15, 0.2) is 22.0 Å². The molecule has 1 unspecified atom stereocenters. The van der Waals surface area contributed by atoms with Gasteiger partial charge in [-0.2, -0.15) is 10.2 Å². The predicted octanol–water partition coefficient (Wildman–Crippen LogP) is 2.13. The maximum Gasteiger partial charge on any atom is 0.0912 e. The highest BCUT2D eigenvalue weighted by Crippen LogP contribution is 2.16. The van der Waals surface area contributed by atoms with Crippen LogP contribution in [0.3, 0.4) is 0 Å². The smallest absolute Gasteiger partial charge is 0.0912 e. The van der Waals surface area contributed by atoms with Crippen molar-refractivity contribution < 1.29 is 0 Å². The second-order valence-electron chi connectivity index (χ2n) is 1.96. The molecule has 1 aliphatic rings. The Balaban J connectivity index is 2.59. The summed E-state index contributed by atoms with van der Waals surface area (Å²) in [7, 11) is 0. The molecule has 0 aliphatic carbocycles. The van der Waals surface area contributed by atoms with E-state index in [0.29, 0.717) is 6.04 Å². The summed E-state index contributed by atoms with van der Waals surface area (Å²) in [6.07, 6.45) is 2.93. The van der Waals surface area contributed by atoms with Gasteiger partial charge < -0.3 is 0 Å². The fraction of sp³-hybridized carbons (Fsp3) is 0.667. The summed E-state index contributed by atoms with van der Waals surface area (Å²) in [4.78, 5) is 0. The highest BCUT2D eigenvalue weighted by atomic mass is 15.1. The van der Waals surface area contributed by atoms with Crippen molar-refractivity contribution in [3.8, 4) is 0 Å². The second kappa shape index (κ2) is 2.07. The Hall–Kier alpha value is -0.660. The normalized spacial score (nSPS) is 26.2. The van der Waals surface area contributed by atoms with Gasteiger partial charge in [0.15, 0.2) is 0 Å². The van der Waals surface area contributed by atoms with Crippen molar-refractivity contribution in [3.05, 3.63) is 11.8 Å². The van der Waals surface area contributed by atoms with Crippen LogP contribution in [-0.2, 0) is 0 Å². The molecular weight excluding hydrogens is 100 g/mol. The van der Waals surface area contributed by atoms with Crippen molar-refractivity contribution in [2.24, 2.45) is 10.2 Å². The maximum absolute atomic E-state index is 3.92. The molecule has 44 valence electrons. The zero-order valence-corrected chi connectivity index (χ0v) is 5.26. The van der Waals surface area contributed by atoms with E-state index < -0.39 is 0 Å². The molecule has 0 saturated heterocycles. The van der Waals surface area contributed by atoms with Crippen LogP contribution in [0.1, 0.15) is 20.3 Å². The Labute approximate surface area is 49.3 Å². The van der Waals surface area contributed by atoms with E-state index in [9.17, 15) is 0 Å². The van der Waals surface area contributed by atoms with Crippen LogP contribution in [0.4, 0.5) is 0 Å². The molecule has 0 aromatic rings. The minimum Gasteiger partial charge on any atom is -0.182 e. The Kier molecular flexibility index (Phi) is 1.42. The zero-order valence-electron chi connectivity index (χ0n) is 5.26. The van der Waals surface area contributed by atoms with E-state index in [0.717, 1.165) is 6.42 Å². The number of rotatable bonds is 1. The van der Waals surface area contributed by atoms with E-state index in [4.69, 9.17) is 0 Å². The number of azo groups is 1. The molecule has 1 aliphatic heterocycles. The van der Waals surface area contributed by atoms with Gasteiger partial charge in [0, 0.05) is 0 Å². The van der Waals surface area contributed by atoms with Gasteiger partial charge in [0.1, 0.15) is 0 Å². The lowest BCUT2D eigenvalue weighted by Gasteiger charge is -1.98. The first-order valence-electron chi connectivity index (χ1n) is 2.93. The highest BCUT2D eigenvalue weighted by molar-refractivity contribution is 5.11. The lowest BCUT2D eigenvalue weighted by molar-refractivity contribution is 0.814. The van der Waals surface area contributed by atoms with Gasteiger partial charge in [-0.15, -0.1) is 0 Å². The minimum atomic E-state index is 0.347. The van der Waals surface area contributed by atoms with E-state index in [1.54, 1.807) is 0 Å². The summed E-state index contributed by atoms with van der Waals surface area (Å²) in [6, 6.07) is 0.347. The zero-order chi connectivity index (χ0) is 5.98. The summed E-state index contributed by atoms with van der Waals surface area (Å²) in [5.74, 6) is 0. The fourth-order valence-corrected chi connectivity index (χ4v) is 0.776. The topological polar surface area (TPSA) is 24.7 Å². The summed E-state index contributed by atoms with van der Waals surface area (Å²) < 4.78 is 0. The van der Waals surface area contributed by atoms with Crippen LogP contribution in [0.2, 0.25) is 0 Å². The predicted molar refractivity (Wildman–Crippen MR) is 32.7 cm³/mol. The molecular formula is C6H10N2. The van der Waals surface area contributed by atoms with Gasteiger partial charge in [0.2, 0.25) is 0 Å². The van der Waals surface area contributed by atoms with Crippen LogP contribution in [-0.4, -0.2) is 6.04 Å². The van der Waals surface area contributed by atoms with Crippen LogP contribution in [0, 0.1) is 0 Å². The molecule has 0 saturated carbocycles. The molecule has 1 atom stereocenters. The van der Waals surface area contributed by atoms with Crippen molar-refractivity contribution in [1.82, 2.24) is 0 Å². The van der Waals surface area contributed by atoms with E-state index >= 15 is 0 Å². The van der Waals surface area contributed by atoms with Gasteiger partial charge in [-0.25, -0.2) is 0 Å². The lowest BCUT2D eigenvalue weighted by Crippen LogP contribution is -1.95. The first kappa shape index (κ1) is 5.48. The molecule has 2 nitrogen and oxygen atoms in total. The third kappa shape index (κ3) is 0.782. The average Bonchev–Trinajstić information content (AvgIpc) is 2.14. The molecule has 0 radical (unpaired) electrons. The van der Waals surface area contributed by atoms with Gasteiger partial charge in [-0.05, 0) is 18.9 Å². The second-order valence-corrected chi connectivity index (χ2v) is 1.96. The number of nitrogens with zero attached hydrogens (tertiary/aromatic N) is 2. The van der Waals surface area contributed by atoms with Crippen molar-refractivity contribution in [3.63, 3.8) is 0 Å². The van der Waals surface area contributed by atoms with Crippen molar-refractivity contribution in [2.75, 3.05) is 0 Å². The van der Waals surface area contributed by atoms with E-state index in [1.165, 1.54) is 5.57 Å². The number of hydrogen-bond donors (Lipinski definition) is 0. The van der Waals surface area contributed by atoms with Gasteiger partial charge in [0.05, 0.1) is 12.2 Å². The number of hydrogen-bond acceptors (Lipinski definition) is 2. The Morgan fingerprint density at radius 2 is 2.50 bits per heavy atom. The first-order valence-corrected chi connectivity index (χ1v) is 2.93. The third-order valence-corrected chi connectivity index (χ3v) is 1.41. The minimum absolute atomic E-state index is 0.347. The molecule has 0 amide bonds. The Morgan fingerprint density at radius 1 is 1.75 bits per heavy atom. The Morgan fingerprint density at radius 3 is 2.75 bits per heavy atom. The molecule has 2 heteroatoms. The van der Waals surface area contributed by atoms with Crippen molar-refractivity contribution >= 4 is 0 Å². The molecule has 0 bridgehead atoms. The van der Waals surface area contributed by atoms with E-state index in [-0.39, 0.29) is 0 Å². The summed E-state index contributed by atoms with van der Waals surface area (Å²) in [6.45, 7) is 4.19. The highest BCUT2D eigenvalue weighted by Gasteiger charge is 2.07. The van der Waals surface area contributed by atoms with Crippen molar-refractivity contribution in [2.45, 2.75) is 26.3 Å². The van der Waals surface area contributed by atoms with Crippen LogP contribution < -0.4 is 0 Å². The summed E-state index contributed by atoms with van der Waals surface area (Å²) in [5, 5.41) is 7.70. The SMILES string of the molecule is CCC1=CN=NC1C. The molecule has 1 heterocycles. The van der Waals surface area contributed by atoms with E-state index in [2.05, 4.69) is 24.1 Å². The summed E-state index contributed by atoms with van der Waals surface area (Å²) >= 11 is 0. The fourth-order valence-electron chi connectivity index (χ4n) is 0.776. The lowest BCUT2D eigenvalue weighted by atomic mass is 10.1. The van der Waals surface area contributed by atoms with Gasteiger partial charge in [-0.3, -0.25) is 0 Å². The molecule has 8 heavy (non-hydrogen) atoms. The third-order valence-electron chi connectivity index (χ3n) is 1.41. The monoisotopic (exact) mass is 110 g/mol. The van der Waals surface area contributed by atoms with Crippen LogP contribution in [0.25, 0.3) is 0 Å². The van der Waals surface area contributed by atoms with Gasteiger partial charge in [0.25, 0.3) is 0 Å². The summed E-state index contributed by atoms with van der Waals surface area (Å²) in [5.41, 5.74) is 1.34. The Bertz CT molecular complexity index is 135. The van der Waals surface area contributed by atoms with Crippen LogP contribution in [0.5, 0.6) is 0 Å². The van der Waals surface area contributed by atoms with Gasteiger partial charge >= 0.3 is 0 Å². The standard InChI is InChI=1S/C6H10N2/c1-3-6-4-7-8-5(6)2/h4-5H,3H2,1-2H3. The molecule has 1 rings (SSSR count). The van der Waals surface area contributed by atoms with E-state index in [1.807, 2.05) is 6.20 Å². The van der Waals surface area contributed by atoms with Crippen LogP contribution >= 0.6 is 0 Å². The molecule has 0 fully saturated rings. The van der Waals surface area contributed by atoms with Gasteiger partial charge in [-0.1, -0.05) is 6.92 Å². The average molecular weight is 110 g/mol. The molecule has 0 spiro atoms. The molecule has 0 aromatic carbocycles. The molecule has 0 N–H and O–H groups in total. The largest absolute Gasteiger partial charge is 0.182 e. The first-order chi connectivity index (χ1) is 3.84. The maximum atomic E-state index is 3.92. The molecule has 0 aromatic heterocycles. The quantitative estimate of drug-likeness (QED) is 0.494. The van der Waals surface area contributed by atoms with Crippen molar-refractivity contribution in [1.29, 1.82) is 0 Å².